The maximum absolute atomic E-state index is 5.62. The molecule has 1 unspecified atom stereocenters. The maximum atomic E-state index is 5.62. The quantitative estimate of drug-likeness (QED) is 0.755. The summed E-state index contributed by atoms with van der Waals surface area (Å²) in [5.74, 6) is 1.95. The SMILES string of the molecule is Cc1cccc(OCCSC(C)CN)c1. The number of nitrogens with two attached hydrogens (primary N) is 1. The van der Waals surface area contributed by atoms with Gasteiger partial charge in [0.15, 0.2) is 0 Å². The highest BCUT2D eigenvalue weighted by Gasteiger charge is 1.99. The highest BCUT2D eigenvalue weighted by atomic mass is 32.2. The lowest BCUT2D eigenvalue weighted by Gasteiger charge is -2.09. The highest BCUT2D eigenvalue weighted by Crippen LogP contribution is 2.14. The Balaban J connectivity index is 2.20. The molecule has 2 N–H and O–H groups in total. The van der Waals surface area contributed by atoms with Gasteiger partial charge in [0, 0.05) is 17.5 Å². The van der Waals surface area contributed by atoms with Gasteiger partial charge in [0.2, 0.25) is 0 Å². The van der Waals surface area contributed by atoms with Crippen LogP contribution in [-0.4, -0.2) is 24.2 Å². The predicted molar refractivity (Wildman–Crippen MR) is 67.6 cm³/mol. The molecule has 3 heteroatoms. The second-order valence-electron chi connectivity index (χ2n) is 3.58. The van der Waals surface area contributed by atoms with Crippen molar-refractivity contribution >= 4 is 11.8 Å². The smallest absolute Gasteiger partial charge is 0.119 e. The van der Waals surface area contributed by atoms with Crippen LogP contribution in [0.1, 0.15) is 12.5 Å². The predicted octanol–water partition coefficient (Wildman–Crippen LogP) is 2.45. The molecule has 0 heterocycles. The van der Waals surface area contributed by atoms with Crippen molar-refractivity contribution in [1.82, 2.24) is 0 Å². The van der Waals surface area contributed by atoms with Crippen molar-refractivity contribution in [3.05, 3.63) is 29.8 Å². The molecule has 0 amide bonds. The third-order valence-corrected chi connectivity index (χ3v) is 3.24. The van der Waals surface area contributed by atoms with Gasteiger partial charge in [-0.05, 0) is 24.6 Å². The van der Waals surface area contributed by atoms with Crippen molar-refractivity contribution in [2.24, 2.45) is 5.73 Å². The van der Waals surface area contributed by atoms with Crippen molar-refractivity contribution in [2.45, 2.75) is 19.1 Å². The Morgan fingerprint density at radius 2 is 2.27 bits per heavy atom. The largest absolute Gasteiger partial charge is 0.493 e. The van der Waals surface area contributed by atoms with Crippen molar-refractivity contribution in [3.63, 3.8) is 0 Å². The van der Waals surface area contributed by atoms with E-state index in [2.05, 4.69) is 26.0 Å². The molecule has 1 aromatic rings. The second-order valence-corrected chi connectivity index (χ2v) is 5.13. The van der Waals surface area contributed by atoms with Crippen LogP contribution < -0.4 is 10.5 Å². The number of thioether (sulfide) groups is 1. The fourth-order valence-corrected chi connectivity index (χ4v) is 1.90. The maximum Gasteiger partial charge on any atom is 0.119 e. The molecule has 0 aromatic heterocycles. The minimum Gasteiger partial charge on any atom is -0.493 e. The molecule has 2 nitrogen and oxygen atoms in total. The van der Waals surface area contributed by atoms with Crippen LogP contribution >= 0.6 is 11.8 Å². The summed E-state index contributed by atoms with van der Waals surface area (Å²) < 4.78 is 5.62. The van der Waals surface area contributed by atoms with Crippen molar-refractivity contribution in [1.29, 1.82) is 0 Å². The molecule has 0 spiro atoms. The van der Waals surface area contributed by atoms with Gasteiger partial charge in [-0.3, -0.25) is 0 Å². The first kappa shape index (κ1) is 12.4. The van der Waals surface area contributed by atoms with Gasteiger partial charge in [-0.25, -0.2) is 0 Å². The average molecular weight is 225 g/mol. The van der Waals surface area contributed by atoms with Gasteiger partial charge in [0.05, 0.1) is 6.61 Å². The fraction of sp³-hybridized carbons (Fsp3) is 0.500. The van der Waals surface area contributed by atoms with Crippen LogP contribution in [-0.2, 0) is 0 Å². The number of hydrogen-bond acceptors (Lipinski definition) is 3. The molecule has 0 radical (unpaired) electrons. The Morgan fingerprint density at radius 1 is 1.47 bits per heavy atom. The van der Waals surface area contributed by atoms with Gasteiger partial charge in [0.25, 0.3) is 0 Å². The molecular formula is C12H19NOS. The van der Waals surface area contributed by atoms with Gasteiger partial charge in [-0.1, -0.05) is 19.1 Å². The number of rotatable bonds is 6. The lowest BCUT2D eigenvalue weighted by molar-refractivity contribution is 0.343. The molecule has 1 rings (SSSR count). The molecule has 15 heavy (non-hydrogen) atoms. The van der Waals surface area contributed by atoms with Crippen molar-refractivity contribution in [2.75, 3.05) is 18.9 Å². The van der Waals surface area contributed by atoms with Crippen LogP contribution in [0.5, 0.6) is 5.75 Å². The highest BCUT2D eigenvalue weighted by molar-refractivity contribution is 7.99. The van der Waals surface area contributed by atoms with E-state index in [-0.39, 0.29) is 0 Å². The minimum atomic E-state index is 0.520. The van der Waals surface area contributed by atoms with E-state index in [1.54, 1.807) is 0 Å². The first-order valence-corrected chi connectivity index (χ1v) is 6.28. The van der Waals surface area contributed by atoms with Gasteiger partial charge < -0.3 is 10.5 Å². The zero-order chi connectivity index (χ0) is 11.1. The van der Waals surface area contributed by atoms with Crippen LogP contribution in [0.4, 0.5) is 0 Å². The Hall–Kier alpha value is -0.670. The molecule has 0 saturated heterocycles. The van der Waals surface area contributed by atoms with E-state index < -0.39 is 0 Å². The Morgan fingerprint density at radius 3 is 2.93 bits per heavy atom. The standard InChI is InChI=1S/C12H19NOS/c1-10-4-3-5-12(8-10)14-6-7-15-11(2)9-13/h3-5,8,11H,6-7,9,13H2,1-2H3. The van der Waals surface area contributed by atoms with Gasteiger partial charge in [-0.2, -0.15) is 11.8 Å². The topological polar surface area (TPSA) is 35.2 Å². The number of aryl methyl sites for hydroxylation is 1. The molecule has 1 atom stereocenters. The monoisotopic (exact) mass is 225 g/mol. The van der Waals surface area contributed by atoms with Gasteiger partial charge in [-0.15, -0.1) is 0 Å². The van der Waals surface area contributed by atoms with E-state index in [0.717, 1.165) is 24.7 Å². The summed E-state index contributed by atoms with van der Waals surface area (Å²) in [6, 6.07) is 8.12. The molecule has 0 aliphatic rings. The Bertz CT molecular complexity index is 291. The van der Waals surface area contributed by atoms with E-state index in [9.17, 15) is 0 Å². The zero-order valence-electron chi connectivity index (χ0n) is 9.40. The average Bonchev–Trinajstić information content (AvgIpc) is 2.24. The van der Waals surface area contributed by atoms with E-state index in [1.807, 2.05) is 23.9 Å². The Labute approximate surface area is 96.2 Å². The van der Waals surface area contributed by atoms with Gasteiger partial charge >= 0.3 is 0 Å². The number of benzene rings is 1. The Kier molecular flexibility index (Phi) is 5.58. The van der Waals surface area contributed by atoms with Crippen LogP contribution in [0.2, 0.25) is 0 Å². The van der Waals surface area contributed by atoms with Crippen LogP contribution in [0.15, 0.2) is 24.3 Å². The third kappa shape index (κ3) is 5.09. The molecule has 0 aliphatic heterocycles. The van der Waals surface area contributed by atoms with Crippen molar-refractivity contribution < 1.29 is 4.74 Å². The molecule has 0 fully saturated rings. The zero-order valence-corrected chi connectivity index (χ0v) is 10.2. The molecule has 84 valence electrons. The van der Waals surface area contributed by atoms with E-state index >= 15 is 0 Å². The van der Waals surface area contributed by atoms with Crippen molar-refractivity contribution in [3.8, 4) is 5.75 Å². The van der Waals surface area contributed by atoms with Crippen LogP contribution in [0.3, 0.4) is 0 Å². The summed E-state index contributed by atoms with van der Waals surface area (Å²) in [6.45, 7) is 5.68. The third-order valence-electron chi connectivity index (χ3n) is 2.08. The minimum absolute atomic E-state index is 0.520. The lowest BCUT2D eigenvalue weighted by Crippen LogP contribution is -2.14. The van der Waals surface area contributed by atoms with E-state index in [1.165, 1.54) is 5.56 Å². The second kappa shape index (κ2) is 6.75. The molecular weight excluding hydrogens is 206 g/mol. The van der Waals surface area contributed by atoms with E-state index in [4.69, 9.17) is 10.5 Å². The number of hydrogen-bond donors (Lipinski definition) is 1. The lowest BCUT2D eigenvalue weighted by atomic mass is 10.2. The van der Waals surface area contributed by atoms with Crippen LogP contribution in [0.25, 0.3) is 0 Å². The summed E-state index contributed by atoms with van der Waals surface area (Å²) in [6.07, 6.45) is 0. The van der Waals surface area contributed by atoms with E-state index in [0.29, 0.717) is 5.25 Å². The summed E-state index contributed by atoms with van der Waals surface area (Å²) in [4.78, 5) is 0. The first-order valence-electron chi connectivity index (χ1n) is 5.23. The molecule has 0 aliphatic carbocycles. The first-order chi connectivity index (χ1) is 7.22. The van der Waals surface area contributed by atoms with Gasteiger partial charge in [0.1, 0.15) is 5.75 Å². The summed E-state index contributed by atoms with van der Waals surface area (Å²) in [5, 5.41) is 0.520. The normalized spacial score (nSPS) is 12.5. The molecule has 0 saturated carbocycles. The fourth-order valence-electron chi connectivity index (χ4n) is 1.18. The van der Waals surface area contributed by atoms with Crippen LogP contribution in [0, 0.1) is 6.92 Å². The summed E-state index contributed by atoms with van der Waals surface area (Å²) >= 11 is 1.85. The number of ether oxygens (including phenoxy) is 1. The summed E-state index contributed by atoms with van der Waals surface area (Å²) in [7, 11) is 0. The summed E-state index contributed by atoms with van der Waals surface area (Å²) in [5.41, 5.74) is 6.76. The molecule has 1 aromatic carbocycles. The molecule has 0 bridgehead atoms.